The minimum Gasteiger partial charge on any atom is -0.354 e. The molecule has 1 aliphatic rings. The standard InChI is InChI=1S/C33H42N8O4/c1-21(2)41-29-17-25(16-26(28(29)20-36-41)32(43)35-19-27-22(3)15-23(4)37-33(27)44)24-8-9-30(34-18-24)40-13-11-39(12-14-40)10-6-5-7-31(42)38-45/h8-9,15-18,20-21,45H,5-7,10-14,19H2,1-4H3,(H,35,43)(H,37,44)(H,38,42). The second-order valence-electron chi connectivity index (χ2n) is 12.0. The van der Waals surface area contributed by atoms with Crippen LogP contribution < -0.4 is 21.3 Å². The van der Waals surface area contributed by atoms with E-state index in [0.717, 1.165) is 84.7 Å². The number of benzene rings is 1. The Bertz CT molecular complexity index is 1720. The number of aryl methyl sites for hydroxylation is 2. The van der Waals surface area contributed by atoms with Gasteiger partial charge in [-0.25, -0.2) is 10.5 Å². The summed E-state index contributed by atoms with van der Waals surface area (Å²) in [4.78, 5) is 49.6. The number of unbranched alkanes of at least 4 members (excludes halogenated alkanes) is 1. The number of H-pyrrole nitrogens is 1. The lowest BCUT2D eigenvalue weighted by molar-refractivity contribution is -0.129. The van der Waals surface area contributed by atoms with Crippen molar-refractivity contribution in [3.8, 4) is 11.1 Å². The number of piperazine rings is 1. The van der Waals surface area contributed by atoms with Crippen molar-refractivity contribution in [3.05, 3.63) is 75.5 Å². The maximum atomic E-state index is 13.6. The van der Waals surface area contributed by atoms with E-state index in [-0.39, 0.29) is 30.0 Å². The summed E-state index contributed by atoms with van der Waals surface area (Å²) in [7, 11) is 0. The molecule has 238 valence electrons. The molecule has 0 spiro atoms. The van der Waals surface area contributed by atoms with Crippen LogP contribution in [-0.4, -0.2) is 74.4 Å². The smallest absolute Gasteiger partial charge is 0.253 e. The molecule has 1 saturated heterocycles. The number of carbonyl (C=O) groups is 2. The van der Waals surface area contributed by atoms with Crippen molar-refractivity contribution in [1.82, 2.24) is 35.4 Å². The Hall–Kier alpha value is -4.55. The van der Waals surface area contributed by atoms with E-state index in [9.17, 15) is 14.4 Å². The van der Waals surface area contributed by atoms with Gasteiger partial charge in [0.05, 0.1) is 17.3 Å². The highest BCUT2D eigenvalue weighted by molar-refractivity contribution is 6.08. The van der Waals surface area contributed by atoms with Crippen LogP contribution in [0.4, 0.5) is 5.82 Å². The van der Waals surface area contributed by atoms with Crippen molar-refractivity contribution in [2.24, 2.45) is 0 Å². The molecule has 4 heterocycles. The van der Waals surface area contributed by atoms with Crippen molar-refractivity contribution < 1.29 is 14.8 Å². The van der Waals surface area contributed by atoms with Gasteiger partial charge in [0.2, 0.25) is 5.91 Å². The summed E-state index contributed by atoms with van der Waals surface area (Å²) >= 11 is 0. The monoisotopic (exact) mass is 614 g/mol. The minimum atomic E-state index is -0.342. The maximum Gasteiger partial charge on any atom is 0.253 e. The van der Waals surface area contributed by atoms with E-state index in [1.165, 1.54) is 0 Å². The molecule has 0 bridgehead atoms. The van der Waals surface area contributed by atoms with Crippen molar-refractivity contribution in [2.45, 2.75) is 59.5 Å². The van der Waals surface area contributed by atoms with E-state index in [1.54, 1.807) is 11.7 Å². The third-order valence-corrected chi connectivity index (χ3v) is 8.40. The number of carbonyl (C=O) groups excluding carboxylic acids is 2. The molecule has 1 aromatic carbocycles. The molecular weight excluding hydrogens is 572 g/mol. The summed E-state index contributed by atoms with van der Waals surface area (Å²) in [6.45, 7) is 12.4. The topological polar surface area (TPSA) is 148 Å². The number of aromatic amines is 1. The number of nitrogens with zero attached hydrogens (tertiary/aromatic N) is 5. The highest BCUT2D eigenvalue weighted by Crippen LogP contribution is 2.30. The zero-order valence-electron chi connectivity index (χ0n) is 26.4. The van der Waals surface area contributed by atoms with Crippen LogP contribution in [0.3, 0.4) is 0 Å². The lowest BCUT2D eigenvalue weighted by Crippen LogP contribution is -2.46. The summed E-state index contributed by atoms with van der Waals surface area (Å²) in [6, 6.07) is 9.98. The Kier molecular flexibility index (Phi) is 9.94. The molecule has 45 heavy (non-hydrogen) atoms. The average Bonchev–Trinajstić information content (AvgIpc) is 3.47. The number of fused-ring (bicyclic) bond motifs is 1. The quantitative estimate of drug-likeness (QED) is 0.114. The first kappa shape index (κ1) is 31.9. The van der Waals surface area contributed by atoms with E-state index in [4.69, 9.17) is 10.2 Å². The first-order chi connectivity index (χ1) is 21.6. The third kappa shape index (κ3) is 7.40. The summed E-state index contributed by atoms with van der Waals surface area (Å²) in [5.41, 5.74) is 6.73. The number of rotatable bonds is 11. The predicted molar refractivity (Wildman–Crippen MR) is 173 cm³/mol. The summed E-state index contributed by atoms with van der Waals surface area (Å²) in [5, 5.41) is 16.9. The number of hydrogen-bond acceptors (Lipinski definition) is 8. The lowest BCUT2D eigenvalue weighted by atomic mass is 10.0. The molecule has 12 heteroatoms. The van der Waals surface area contributed by atoms with Gasteiger partial charge in [-0.15, -0.1) is 0 Å². The molecule has 4 aromatic rings. The van der Waals surface area contributed by atoms with Crippen LogP contribution in [0.5, 0.6) is 0 Å². The Labute approximate surface area is 262 Å². The van der Waals surface area contributed by atoms with Gasteiger partial charge in [-0.2, -0.15) is 5.10 Å². The Morgan fingerprint density at radius 1 is 1.02 bits per heavy atom. The molecule has 2 amide bonds. The van der Waals surface area contributed by atoms with Gasteiger partial charge in [-0.3, -0.25) is 29.2 Å². The fraction of sp³-hybridized carbons (Fsp3) is 0.424. The fourth-order valence-electron chi connectivity index (χ4n) is 5.90. The Balaban J connectivity index is 1.31. The van der Waals surface area contributed by atoms with Crippen LogP contribution in [0.2, 0.25) is 0 Å². The van der Waals surface area contributed by atoms with Crippen LogP contribution in [0.1, 0.15) is 66.3 Å². The van der Waals surface area contributed by atoms with Crippen LogP contribution in [0.25, 0.3) is 22.0 Å². The largest absolute Gasteiger partial charge is 0.354 e. The van der Waals surface area contributed by atoms with Crippen LogP contribution in [0.15, 0.2) is 47.5 Å². The molecule has 0 saturated carbocycles. The van der Waals surface area contributed by atoms with Gasteiger partial charge in [0.1, 0.15) is 5.82 Å². The number of amides is 2. The van der Waals surface area contributed by atoms with Crippen molar-refractivity contribution in [1.29, 1.82) is 0 Å². The number of hydroxylamine groups is 1. The van der Waals surface area contributed by atoms with Crippen LogP contribution in [0, 0.1) is 13.8 Å². The molecule has 12 nitrogen and oxygen atoms in total. The zero-order chi connectivity index (χ0) is 32.1. The highest BCUT2D eigenvalue weighted by atomic mass is 16.5. The van der Waals surface area contributed by atoms with Crippen molar-refractivity contribution in [2.75, 3.05) is 37.6 Å². The van der Waals surface area contributed by atoms with E-state index in [0.29, 0.717) is 17.5 Å². The second-order valence-corrected chi connectivity index (χ2v) is 12.0. The average molecular weight is 615 g/mol. The first-order valence-electron chi connectivity index (χ1n) is 15.5. The van der Waals surface area contributed by atoms with Crippen LogP contribution >= 0.6 is 0 Å². The summed E-state index contributed by atoms with van der Waals surface area (Å²) in [6.07, 6.45) is 5.56. The summed E-state index contributed by atoms with van der Waals surface area (Å²) < 4.78 is 1.91. The summed E-state index contributed by atoms with van der Waals surface area (Å²) in [5.74, 6) is 0.289. The van der Waals surface area contributed by atoms with Crippen LogP contribution in [-0.2, 0) is 11.3 Å². The number of nitrogens with one attached hydrogen (secondary N) is 3. The van der Waals surface area contributed by atoms with Crippen molar-refractivity contribution >= 4 is 28.5 Å². The second kappa shape index (κ2) is 14.0. The Morgan fingerprint density at radius 2 is 1.80 bits per heavy atom. The predicted octanol–water partition coefficient (Wildman–Crippen LogP) is 3.71. The molecule has 0 radical (unpaired) electrons. The SMILES string of the molecule is Cc1cc(C)c(CNC(=O)c2cc(-c3ccc(N4CCN(CCCCC(=O)NO)CC4)nc3)cc3c2cnn3C(C)C)c(=O)[nH]1. The molecule has 0 unspecified atom stereocenters. The Morgan fingerprint density at radius 3 is 2.47 bits per heavy atom. The highest BCUT2D eigenvalue weighted by Gasteiger charge is 2.20. The number of pyridine rings is 2. The number of aromatic nitrogens is 4. The van der Waals surface area contributed by atoms with Crippen molar-refractivity contribution in [3.63, 3.8) is 0 Å². The molecule has 4 N–H and O–H groups in total. The molecule has 3 aromatic heterocycles. The van der Waals surface area contributed by atoms with Gasteiger partial charge < -0.3 is 15.2 Å². The molecular formula is C33H42N8O4. The molecule has 0 aliphatic carbocycles. The third-order valence-electron chi connectivity index (χ3n) is 8.40. The number of anilines is 1. The molecule has 1 aliphatic heterocycles. The zero-order valence-corrected chi connectivity index (χ0v) is 26.4. The normalized spacial score (nSPS) is 13.9. The first-order valence-corrected chi connectivity index (χ1v) is 15.5. The van der Waals surface area contributed by atoms with E-state index in [2.05, 4.69) is 39.0 Å². The van der Waals surface area contributed by atoms with Gasteiger partial charge in [0.15, 0.2) is 0 Å². The molecule has 5 rings (SSSR count). The van der Waals surface area contributed by atoms with Gasteiger partial charge in [-0.1, -0.05) is 0 Å². The van der Waals surface area contributed by atoms with E-state index >= 15 is 0 Å². The molecule has 0 atom stereocenters. The lowest BCUT2D eigenvalue weighted by Gasteiger charge is -2.35. The molecule has 1 fully saturated rings. The van der Waals surface area contributed by atoms with Gasteiger partial charge in [0, 0.05) is 73.6 Å². The van der Waals surface area contributed by atoms with E-state index in [1.807, 2.05) is 55.1 Å². The fourth-order valence-corrected chi connectivity index (χ4v) is 5.90. The minimum absolute atomic E-state index is 0.0987. The maximum absolute atomic E-state index is 13.6. The van der Waals surface area contributed by atoms with Gasteiger partial charge in [0.25, 0.3) is 11.5 Å². The van der Waals surface area contributed by atoms with Gasteiger partial charge in [-0.05, 0) is 88.5 Å². The van der Waals surface area contributed by atoms with E-state index < -0.39 is 0 Å². The van der Waals surface area contributed by atoms with Gasteiger partial charge >= 0.3 is 0 Å². The number of hydrogen-bond donors (Lipinski definition) is 4.